The summed E-state index contributed by atoms with van der Waals surface area (Å²) < 4.78 is 40.3. The van der Waals surface area contributed by atoms with E-state index in [1.807, 2.05) is 0 Å². The Morgan fingerprint density at radius 1 is 1.12 bits per heavy atom. The molecule has 0 radical (unpaired) electrons. The van der Waals surface area contributed by atoms with Crippen LogP contribution in [0.25, 0.3) is 0 Å². The molecule has 0 bridgehead atoms. The maximum Gasteiger partial charge on any atom is 0.250 e. The number of hydrogen-bond acceptors (Lipinski definition) is 4. The van der Waals surface area contributed by atoms with Gasteiger partial charge in [-0.2, -0.15) is 0 Å². The Hall–Kier alpha value is -1.24. The zero-order valence-corrected chi connectivity index (χ0v) is 18.2. The molecule has 6 nitrogen and oxygen atoms in total. The lowest BCUT2D eigenvalue weighted by molar-refractivity contribution is 0.582. The molecular weight excluding hydrogens is 490 g/mol. The van der Waals surface area contributed by atoms with E-state index in [0.29, 0.717) is 35.2 Å². The van der Waals surface area contributed by atoms with Gasteiger partial charge in [0.25, 0.3) is 0 Å². The second-order valence-electron chi connectivity index (χ2n) is 5.10. The summed E-state index contributed by atoms with van der Waals surface area (Å²) in [7, 11) is -1.83. The van der Waals surface area contributed by atoms with Crippen molar-refractivity contribution in [3.05, 3.63) is 53.2 Å². The first-order valence-corrected chi connectivity index (χ1v) is 10.1. The molecule has 0 saturated carbocycles. The molecule has 0 spiro atoms. The van der Waals surface area contributed by atoms with Crippen LogP contribution in [0.15, 0.2) is 51.0 Å². The van der Waals surface area contributed by atoms with Crippen molar-refractivity contribution in [2.24, 2.45) is 4.99 Å². The second kappa shape index (κ2) is 11.5. The fraction of sp³-hybridized carbons (Fsp3) is 0.312. The first-order chi connectivity index (χ1) is 12.0. The van der Waals surface area contributed by atoms with E-state index in [1.165, 1.54) is 17.4 Å². The average Bonchev–Trinajstić information content (AvgIpc) is 3.14. The van der Waals surface area contributed by atoms with E-state index in [-0.39, 0.29) is 36.3 Å². The van der Waals surface area contributed by atoms with E-state index in [0.717, 1.165) is 0 Å². The highest BCUT2D eigenvalue weighted by atomic mass is 127. The monoisotopic (exact) mass is 512 g/mol. The Kier molecular flexibility index (Phi) is 10.1. The fourth-order valence-electron chi connectivity index (χ4n) is 2.09. The number of thiophene rings is 1. The van der Waals surface area contributed by atoms with Crippen molar-refractivity contribution in [2.75, 3.05) is 26.7 Å². The van der Waals surface area contributed by atoms with Gasteiger partial charge in [0.2, 0.25) is 10.0 Å². The van der Waals surface area contributed by atoms with Gasteiger partial charge in [-0.15, -0.1) is 35.3 Å². The van der Waals surface area contributed by atoms with Crippen LogP contribution in [0, 0.1) is 5.82 Å². The highest BCUT2D eigenvalue weighted by Gasteiger charge is 2.13. The second-order valence-corrected chi connectivity index (χ2v) is 8.04. The zero-order chi connectivity index (χ0) is 18.1. The molecule has 2 aromatic rings. The number of benzene rings is 1. The Balaban J connectivity index is 0.00000338. The van der Waals surface area contributed by atoms with Crippen molar-refractivity contribution in [1.29, 1.82) is 0 Å². The first-order valence-electron chi connectivity index (χ1n) is 7.74. The van der Waals surface area contributed by atoms with Gasteiger partial charge in [-0.1, -0.05) is 24.3 Å². The third kappa shape index (κ3) is 7.17. The molecule has 1 heterocycles. The van der Waals surface area contributed by atoms with Crippen LogP contribution in [-0.4, -0.2) is 41.1 Å². The molecule has 0 fully saturated rings. The normalized spacial score (nSPS) is 11.7. The Labute approximate surface area is 174 Å². The van der Waals surface area contributed by atoms with E-state index >= 15 is 0 Å². The Bertz CT molecular complexity index is 798. The van der Waals surface area contributed by atoms with Crippen molar-refractivity contribution < 1.29 is 12.8 Å². The molecule has 1 aromatic heterocycles. The van der Waals surface area contributed by atoms with Crippen LogP contribution in [0.3, 0.4) is 0 Å². The lowest BCUT2D eigenvalue weighted by Crippen LogP contribution is -2.42. The van der Waals surface area contributed by atoms with E-state index in [1.54, 1.807) is 42.8 Å². The molecule has 144 valence electrons. The topological polar surface area (TPSA) is 82.6 Å². The van der Waals surface area contributed by atoms with Crippen LogP contribution in [0.1, 0.15) is 5.56 Å². The molecule has 10 heteroatoms. The summed E-state index contributed by atoms with van der Waals surface area (Å²) in [5.41, 5.74) is 0.633. The highest BCUT2D eigenvalue weighted by Crippen LogP contribution is 2.14. The van der Waals surface area contributed by atoms with Crippen LogP contribution in [0.4, 0.5) is 4.39 Å². The van der Waals surface area contributed by atoms with Gasteiger partial charge in [-0.25, -0.2) is 17.5 Å². The third-order valence-electron chi connectivity index (χ3n) is 3.34. The summed E-state index contributed by atoms with van der Waals surface area (Å²) in [5, 5.41) is 7.79. The van der Waals surface area contributed by atoms with Crippen molar-refractivity contribution in [3.63, 3.8) is 0 Å². The summed E-state index contributed by atoms with van der Waals surface area (Å²) >= 11 is 1.17. The predicted octanol–water partition coefficient (Wildman–Crippen LogP) is 2.19. The standard InChI is InChI=1S/C16H21FN4O2S2.HI/c1-18-16(19-9-8-13-5-2-3-6-14(13)17)20-10-11-21-25(22,23)15-7-4-12-24-15;/h2-7,12,21H,8-11H2,1H3,(H2,18,19,20);1H. The SMILES string of the molecule is CN=C(NCCNS(=O)(=O)c1cccs1)NCCc1ccccc1F.I. The smallest absolute Gasteiger partial charge is 0.250 e. The minimum Gasteiger partial charge on any atom is -0.356 e. The van der Waals surface area contributed by atoms with Gasteiger partial charge >= 0.3 is 0 Å². The van der Waals surface area contributed by atoms with Crippen LogP contribution in [0.2, 0.25) is 0 Å². The van der Waals surface area contributed by atoms with Crippen molar-refractivity contribution >= 4 is 51.3 Å². The fourth-order valence-corrected chi connectivity index (χ4v) is 4.16. The summed E-state index contributed by atoms with van der Waals surface area (Å²) in [6.07, 6.45) is 0.526. The van der Waals surface area contributed by atoms with Gasteiger partial charge in [-0.05, 0) is 29.5 Å². The molecule has 0 amide bonds. The van der Waals surface area contributed by atoms with Gasteiger partial charge in [0, 0.05) is 26.7 Å². The maximum absolute atomic E-state index is 13.5. The van der Waals surface area contributed by atoms with Gasteiger partial charge in [0.15, 0.2) is 5.96 Å². The van der Waals surface area contributed by atoms with E-state index in [4.69, 9.17) is 0 Å². The molecule has 0 aliphatic rings. The number of hydrogen-bond donors (Lipinski definition) is 3. The molecule has 0 saturated heterocycles. The lowest BCUT2D eigenvalue weighted by atomic mass is 10.1. The third-order valence-corrected chi connectivity index (χ3v) is 6.20. The Morgan fingerprint density at radius 3 is 2.50 bits per heavy atom. The van der Waals surface area contributed by atoms with Gasteiger partial charge < -0.3 is 10.6 Å². The summed E-state index contributed by atoms with van der Waals surface area (Å²) in [6, 6.07) is 9.88. The van der Waals surface area contributed by atoms with Crippen LogP contribution >= 0.6 is 35.3 Å². The summed E-state index contributed by atoms with van der Waals surface area (Å²) in [5.74, 6) is 0.307. The summed E-state index contributed by atoms with van der Waals surface area (Å²) in [4.78, 5) is 4.05. The van der Waals surface area contributed by atoms with Crippen molar-refractivity contribution in [2.45, 2.75) is 10.6 Å². The predicted molar refractivity (Wildman–Crippen MR) is 114 cm³/mol. The molecule has 2 rings (SSSR count). The first kappa shape index (κ1) is 22.8. The largest absolute Gasteiger partial charge is 0.356 e. The molecule has 26 heavy (non-hydrogen) atoms. The average molecular weight is 512 g/mol. The molecule has 1 aromatic carbocycles. The molecule has 3 N–H and O–H groups in total. The number of sulfonamides is 1. The van der Waals surface area contributed by atoms with Gasteiger partial charge in [0.1, 0.15) is 10.0 Å². The van der Waals surface area contributed by atoms with E-state index in [2.05, 4.69) is 20.3 Å². The number of halogens is 2. The number of nitrogens with zero attached hydrogens (tertiary/aromatic N) is 1. The van der Waals surface area contributed by atoms with Crippen LogP contribution in [0.5, 0.6) is 0 Å². The van der Waals surface area contributed by atoms with Crippen molar-refractivity contribution in [3.8, 4) is 0 Å². The molecule has 0 unspecified atom stereocenters. The van der Waals surface area contributed by atoms with E-state index < -0.39 is 10.0 Å². The number of guanidine groups is 1. The van der Waals surface area contributed by atoms with Crippen molar-refractivity contribution in [1.82, 2.24) is 15.4 Å². The minimum atomic E-state index is -3.45. The highest BCUT2D eigenvalue weighted by molar-refractivity contribution is 14.0. The summed E-state index contributed by atoms with van der Waals surface area (Å²) in [6.45, 7) is 1.12. The molecule has 0 aliphatic carbocycles. The maximum atomic E-state index is 13.5. The quantitative estimate of drug-likeness (QED) is 0.219. The Morgan fingerprint density at radius 2 is 1.85 bits per heavy atom. The lowest BCUT2D eigenvalue weighted by Gasteiger charge is -2.12. The number of aliphatic imine (C=N–C) groups is 1. The zero-order valence-electron chi connectivity index (χ0n) is 14.2. The van der Waals surface area contributed by atoms with Crippen LogP contribution in [-0.2, 0) is 16.4 Å². The number of nitrogens with one attached hydrogen (secondary N) is 3. The number of rotatable bonds is 8. The van der Waals surface area contributed by atoms with Gasteiger partial charge in [-0.3, -0.25) is 4.99 Å². The minimum absolute atomic E-state index is 0. The molecular formula is C16H22FIN4O2S2. The van der Waals surface area contributed by atoms with Crippen LogP contribution < -0.4 is 15.4 Å². The van der Waals surface area contributed by atoms with E-state index in [9.17, 15) is 12.8 Å². The molecule has 0 aliphatic heterocycles. The van der Waals surface area contributed by atoms with Gasteiger partial charge in [0.05, 0.1) is 0 Å². The molecule has 0 atom stereocenters.